The maximum Gasteiger partial charge on any atom is 0.392 e. The van der Waals surface area contributed by atoms with E-state index in [2.05, 4.69) is 5.32 Å². The van der Waals surface area contributed by atoms with Gasteiger partial charge >= 0.3 is 12.1 Å². The Balaban J connectivity index is 1.88. The molecule has 1 saturated carbocycles. The molecule has 166 valence electrons. The van der Waals surface area contributed by atoms with Crippen molar-refractivity contribution in [3.05, 3.63) is 65.2 Å². The van der Waals surface area contributed by atoms with E-state index < -0.39 is 46.9 Å². The van der Waals surface area contributed by atoms with Crippen molar-refractivity contribution in [3.8, 4) is 0 Å². The average molecular weight is 441 g/mol. The third-order valence-electron chi connectivity index (χ3n) is 5.67. The van der Waals surface area contributed by atoms with Crippen molar-refractivity contribution in [2.24, 2.45) is 11.3 Å². The molecule has 0 saturated heterocycles. The van der Waals surface area contributed by atoms with Gasteiger partial charge in [-0.2, -0.15) is 13.2 Å². The molecule has 0 radical (unpaired) electrons. The number of carbonyl (C=O) groups excluding carboxylic acids is 1. The van der Waals surface area contributed by atoms with Crippen LogP contribution in [0.5, 0.6) is 0 Å². The SMILES string of the molecule is C[C@H]([C@H](C(=O)Nc1cc(CC2(C(=O)O)CC2)ccc1F)c1ccc(F)cc1)C(F)(F)F. The number of carbonyl (C=O) groups is 2. The van der Waals surface area contributed by atoms with Gasteiger partial charge in [0.05, 0.1) is 22.9 Å². The molecule has 3 rings (SSSR count). The highest BCUT2D eigenvalue weighted by atomic mass is 19.4. The van der Waals surface area contributed by atoms with Crippen LogP contribution in [-0.4, -0.2) is 23.2 Å². The van der Waals surface area contributed by atoms with Gasteiger partial charge < -0.3 is 10.4 Å². The van der Waals surface area contributed by atoms with Gasteiger partial charge in [0.25, 0.3) is 0 Å². The van der Waals surface area contributed by atoms with E-state index in [9.17, 15) is 36.6 Å². The molecule has 0 bridgehead atoms. The van der Waals surface area contributed by atoms with Crippen LogP contribution in [0.1, 0.15) is 36.8 Å². The Hall–Kier alpha value is -2.97. The fourth-order valence-corrected chi connectivity index (χ4v) is 3.52. The molecular weight excluding hydrogens is 421 g/mol. The molecule has 0 spiro atoms. The number of hydrogen-bond acceptors (Lipinski definition) is 2. The van der Waals surface area contributed by atoms with E-state index in [1.807, 2.05) is 0 Å². The van der Waals surface area contributed by atoms with Crippen LogP contribution in [0.15, 0.2) is 42.5 Å². The molecule has 0 unspecified atom stereocenters. The van der Waals surface area contributed by atoms with Gasteiger partial charge in [0.1, 0.15) is 11.6 Å². The summed E-state index contributed by atoms with van der Waals surface area (Å²) in [6.45, 7) is 0.824. The predicted molar refractivity (Wildman–Crippen MR) is 102 cm³/mol. The number of anilines is 1. The van der Waals surface area contributed by atoms with Crippen LogP contribution in [0, 0.1) is 23.0 Å². The summed E-state index contributed by atoms with van der Waals surface area (Å²) in [5.41, 5.74) is -0.896. The minimum atomic E-state index is -4.73. The maximum atomic E-state index is 14.3. The Morgan fingerprint density at radius 1 is 1.10 bits per heavy atom. The molecule has 1 fully saturated rings. The summed E-state index contributed by atoms with van der Waals surface area (Å²) in [5, 5.41) is 11.5. The van der Waals surface area contributed by atoms with Gasteiger partial charge in [0.15, 0.2) is 0 Å². The number of amides is 1. The molecule has 2 aromatic carbocycles. The molecule has 9 heteroatoms. The highest BCUT2D eigenvalue weighted by Gasteiger charge is 2.50. The molecule has 2 atom stereocenters. The quantitative estimate of drug-likeness (QED) is 0.574. The Labute approximate surface area is 175 Å². The van der Waals surface area contributed by atoms with Gasteiger partial charge in [-0.1, -0.05) is 25.1 Å². The first kappa shape index (κ1) is 22.7. The van der Waals surface area contributed by atoms with E-state index >= 15 is 0 Å². The van der Waals surface area contributed by atoms with Gasteiger partial charge in [0.2, 0.25) is 5.91 Å². The molecule has 0 aliphatic heterocycles. The zero-order chi connectivity index (χ0) is 23.0. The molecule has 0 heterocycles. The van der Waals surface area contributed by atoms with Crippen molar-refractivity contribution >= 4 is 17.6 Å². The Bertz CT molecular complexity index is 984. The van der Waals surface area contributed by atoms with Crippen molar-refractivity contribution in [3.63, 3.8) is 0 Å². The molecule has 1 aliphatic carbocycles. The molecule has 2 N–H and O–H groups in total. The van der Waals surface area contributed by atoms with Crippen LogP contribution in [0.25, 0.3) is 0 Å². The molecular formula is C22H20F5NO3. The van der Waals surface area contributed by atoms with Crippen LogP contribution in [0.3, 0.4) is 0 Å². The summed E-state index contributed by atoms with van der Waals surface area (Å²) < 4.78 is 67.7. The van der Waals surface area contributed by atoms with E-state index in [1.165, 1.54) is 12.1 Å². The number of alkyl halides is 3. The third kappa shape index (κ3) is 5.03. The summed E-state index contributed by atoms with van der Waals surface area (Å²) in [7, 11) is 0. The fraction of sp³-hybridized carbons (Fsp3) is 0.364. The lowest BCUT2D eigenvalue weighted by molar-refractivity contribution is -0.178. The molecule has 2 aromatic rings. The summed E-state index contributed by atoms with van der Waals surface area (Å²) in [4.78, 5) is 24.2. The van der Waals surface area contributed by atoms with Crippen LogP contribution in [0.2, 0.25) is 0 Å². The molecule has 1 aliphatic rings. The lowest BCUT2D eigenvalue weighted by Crippen LogP contribution is -2.34. The van der Waals surface area contributed by atoms with E-state index in [0.717, 1.165) is 37.3 Å². The van der Waals surface area contributed by atoms with Crippen LogP contribution >= 0.6 is 0 Å². The van der Waals surface area contributed by atoms with Gasteiger partial charge in [-0.05, 0) is 54.7 Å². The summed E-state index contributed by atoms with van der Waals surface area (Å²) in [6, 6.07) is 7.70. The number of benzene rings is 2. The molecule has 0 aromatic heterocycles. The zero-order valence-electron chi connectivity index (χ0n) is 16.5. The first-order valence-electron chi connectivity index (χ1n) is 9.58. The highest BCUT2D eigenvalue weighted by molar-refractivity contribution is 5.96. The lowest BCUT2D eigenvalue weighted by Gasteiger charge is -2.26. The van der Waals surface area contributed by atoms with E-state index in [0.29, 0.717) is 18.4 Å². The minimum Gasteiger partial charge on any atom is -0.481 e. The molecule has 31 heavy (non-hydrogen) atoms. The van der Waals surface area contributed by atoms with Crippen molar-refractivity contribution < 1.29 is 36.6 Å². The van der Waals surface area contributed by atoms with E-state index in [4.69, 9.17) is 0 Å². The fourth-order valence-electron chi connectivity index (χ4n) is 3.52. The highest BCUT2D eigenvalue weighted by Crippen LogP contribution is 2.49. The number of hydrogen-bond donors (Lipinski definition) is 2. The van der Waals surface area contributed by atoms with Crippen molar-refractivity contribution in [1.82, 2.24) is 0 Å². The molecule has 1 amide bonds. The topological polar surface area (TPSA) is 66.4 Å². The predicted octanol–water partition coefficient (Wildman–Crippen LogP) is 5.29. The Morgan fingerprint density at radius 3 is 2.23 bits per heavy atom. The summed E-state index contributed by atoms with van der Waals surface area (Å²) in [6.07, 6.45) is -3.67. The van der Waals surface area contributed by atoms with Gasteiger partial charge in [-0.3, -0.25) is 9.59 Å². The largest absolute Gasteiger partial charge is 0.481 e. The van der Waals surface area contributed by atoms with Crippen LogP contribution < -0.4 is 5.32 Å². The number of halogens is 5. The standard InChI is InChI=1S/C22H20F5NO3/c1-12(22(25,26)27)18(14-3-5-15(23)6-4-14)19(29)28-17-10-13(2-7-16(17)24)11-21(8-9-21)20(30)31/h2-7,10,12,18H,8-9,11H2,1H3,(H,28,29)(H,30,31)/t12-,18+/m1/s1. The smallest absolute Gasteiger partial charge is 0.392 e. The monoisotopic (exact) mass is 441 g/mol. The first-order valence-corrected chi connectivity index (χ1v) is 9.58. The van der Waals surface area contributed by atoms with Crippen molar-refractivity contribution in [2.45, 2.75) is 38.3 Å². The van der Waals surface area contributed by atoms with Crippen LogP contribution in [-0.2, 0) is 16.0 Å². The first-order chi connectivity index (χ1) is 14.4. The van der Waals surface area contributed by atoms with Gasteiger partial charge in [-0.25, -0.2) is 8.78 Å². The summed E-state index contributed by atoms with van der Waals surface area (Å²) in [5.74, 6) is -7.48. The minimum absolute atomic E-state index is 0.0666. The number of aliphatic carboxylic acids is 1. The normalized spacial score (nSPS) is 17.0. The Kier molecular flexibility index (Phi) is 6.07. The number of nitrogens with one attached hydrogen (secondary N) is 1. The van der Waals surface area contributed by atoms with Crippen molar-refractivity contribution in [2.75, 3.05) is 5.32 Å². The number of rotatable bonds is 7. The lowest BCUT2D eigenvalue weighted by atomic mass is 9.85. The third-order valence-corrected chi connectivity index (χ3v) is 5.67. The Morgan fingerprint density at radius 2 is 1.71 bits per heavy atom. The molecule has 4 nitrogen and oxygen atoms in total. The van der Waals surface area contributed by atoms with Gasteiger partial charge in [-0.15, -0.1) is 0 Å². The second kappa shape index (κ2) is 8.28. The summed E-state index contributed by atoms with van der Waals surface area (Å²) >= 11 is 0. The number of carboxylic acids is 1. The number of carboxylic acid groups (broad SMARTS) is 1. The zero-order valence-corrected chi connectivity index (χ0v) is 16.5. The van der Waals surface area contributed by atoms with Crippen molar-refractivity contribution in [1.29, 1.82) is 0 Å². The van der Waals surface area contributed by atoms with Gasteiger partial charge in [0, 0.05) is 0 Å². The average Bonchev–Trinajstić information content (AvgIpc) is 3.46. The second-order valence-corrected chi connectivity index (χ2v) is 7.93. The van der Waals surface area contributed by atoms with E-state index in [-0.39, 0.29) is 17.7 Å². The van der Waals surface area contributed by atoms with Crippen LogP contribution in [0.4, 0.5) is 27.6 Å². The van der Waals surface area contributed by atoms with E-state index in [1.54, 1.807) is 0 Å². The second-order valence-electron chi connectivity index (χ2n) is 7.93. The maximum absolute atomic E-state index is 14.3.